The highest BCUT2D eigenvalue weighted by Gasteiger charge is 2.51. The molecule has 434 valence electrons. The molecule has 2 aromatic heterocycles. The number of phosphoric acid groups is 3. The molecule has 40 heteroatoms. The Morgan fingerprint density at radius 1 is 0.816 bits per heavy atom. The van der Waals surface area contributed by atoms with Crippen LogP contribution in [-0.4, -0.2) is 226 Å². The zero-order valence-corrected chi connectivity index (χ0v) is 43.8. The summed E-state index contributed by atoms with van der Waals surface area (Å²) >= 11 is 0. The molecular weight excluding hydrogens is 1110 g/mol. The summed E-state index contributed by atoms with van der Waals surface area (Å²) in [6.45, 7) is -1.11. The first-order valence-electron chi connectivity index (χ1n) is 22.8. The van der Waals surface area contributed by atoms with Crippen molar-refractivity contribution in [3.8, 4) is 0 Å². The van der Waals surface area contributed by atoms with Crippen molar-refractivity contribution >= 4 is 68.0 Å². The minimum absolute atomic E-state index is 0.00629. The number of carbonyl (C=O) groups excluding carboxylic acids is 3. The molecule has 1 saturated carbocycles. The van der Waals surface area contributed by atoms with E-state index in [2.05, 4.69) is 39.7 Å². The Labute approximate surface area is 431 Å². The molecule has 3 amide bonds. The number of sulfone groups is 1. The van der Waals surface area contributed by atoms with E-state index >= 15 is 0 Å². The van der Waals surface area contributed by atoms with Crippen molar-refractivity contribution in [3.63, 3.8) is 0 Å². The third-order valence-corrected chi connectivity index (χ3v) is 16.8. The molecule has 0 spiro atoms. The summed E-state index contributed by atoms with van der Waals surface area (Å²) in [5.74, 6) is -4.04. The second-order valence-electron chi connectivity index (χ2n) is 18.5. The van der Waals surface area contributed by atoms with Crippen molar-refractivity contribution in [2.24, 2.45) is 22.6 Å². The van der Waals surface area contributed by atoms with E-state index in [1.807, 2.05) is 0 Å². The van der Waals surface area contributed by atoms with Crippen LogP contribution >= 0.6 is 23.5 Å². The lowest BCUT2D eigenvalue weighted by Crippen LogP contribution is -2.67. The zero-order chi connectivity index (χ0) is 56.9. The normalized spacial score (nSPS) is 31.5. The number of nitrogens with zero attached hydrogens (tertiary/aromatic N) is 4. The maximum atomic E-state index is 12.8. The molecule has 21 N–H and O–H groups in total. The molecule has 3 fully saturated rings. The molecule has 5 rings (SSSR count). The number of nitrogen functional groups attached to an aromatic ring is 1. The Bertz CT molecular complexity index is 2600. The van der Waals surface area contributed by atoms with Crippen LogP contribution in [0.3, 0.4) is 0 Å². The fourth-order valence-electron chi connectivity index (χ4n) is 7.81. The summed E-state index contributed by atoms with van der Waals surface area (Å²) in [5, 5.41) is 70.1. The summed E-state index contributed by atoms with van der Waals surface area (Å²) in [6.07, 6.45) is -18.3. The Hall–Kier alpha value is -3.40. The summed E-state index contributed by atoms with van der Waals surface area (Å²) < 4.78 is 98.9. The lowest BCUT2D eigenvalue weighted by molar-refractivity contribution is -0.288. The van der Waals surface area contributed by atoms with Crippen molar-refractivity contribution in [1.29, 1.82) is 0 Å². The van der Waals surface area contributed by atoms with Gasteiger partial charge >= 0.3 is 23.5 Å². The maximum Gasteiger partial charge on any atom is 0.481 e. The molecule has 2 unspecified atom stereocenters. The van der Waals surface area contributed by atoms with Crippen LogP contribution in [0.1, 0.15) is 39.3 Å². The van der Waals surface area contributed by atoms with E-state index in [9.17, 15) is 86.7 Å². The third kappa shape index (κ3) is 17.1. The van der Waals surface area contributed by atoms with Gasteiger partial charge in [-0.2, -0.15) is 4.31 Å². The van der Waals surface area contributed by atoms with Gasteiger partial charge in [0.05, 0.1) is 43.2 Å². The van der Waals surface area contributed by atoms with Gasteiger partial charge in [-0.1, -0.05) is 13.8 Å². The van der Waals surface area contributed by atoms with Crippen LogP contribution in [0.4, 0.5) is 5.82 Å². The standard InChI is InChI=1S/C36H64N11O25P3S/c1-36(2,12-67-75(62,63)72-74(60,61)66-11-18-29(71-73(57,58)59)27(54)34(68-18)47-14-46-22-31(40)44-13-45-32(22)47)30(55)33(56)42-5-3-19(48)41-6-8-76(64,65)7-4-20(49)43-10-17-24(51)25(52)21(39)35(69-17)70-28-16(38)9-15(37)23(50)26(28)53/h13-18,21,23-30,34-35,50-55H,3-12,37-39H2,1-2H3,(H,41,48)(H,42,56)(H,43,49)(H,60,61)(H,62,63)(H2,40,44,45)(H2,57,58,59)/t15-,16+,17-,18-,21-,23+,24-,25-,26-,27-,28-,29-,30+,34-,35-/m1/s1. The molecule has 0 radical (unpaired) electrons. The molecule has 76 heavy (non-hydrogen) atoms. The van der Waals surface area contributed by atoms with Crippen LogP contribution in [0.5, 0.6) is 0 Å². The molecule has 2 aliphatic heterocycles. The number of nitrogens with two attached hydrogens (primary N) is 4. The molecule has 3 aliphatic rings. The van der Waals surface area contributed by atoms with E-state index in [0.717, 1.165) is 17.2 Å². The third-order valence-electron chi connectivity index (χ3n) is 12.1. The van der Waals surface area contributed by atoms with Crippen molar-refractivity contribution < 1.29 is 119 Å². The number of imidazole rings is 1. The van der Waals surface area contributed by atoms with Gasteiger partial charge in [-0.05, 0) is 6.42 Å². The number of carbonyl (C=O) groups is 3. The minimum atomic E-state index is -5.66. The fourth-order valence-corrected chi connectivity index (χ4v) is 11.8. The van der Waals surface area contributed by atoms with Crippen LogP contribution in [0, 0.1) is 5.41 Å². The Morgan fingerprint density at radius 3 is 2.14 bits per heavy atom. The van der Waals surface area contributed by atoms with Gasteiger partial charge < -0.3 is 103 Å². The van der Waals surface area contributed by atoms with E-state index < -0.39 is 205 Å². The lowest BCUT2D eigenvalue weighted by atomic mass is 9.84. The van der Waals surface area contributed by atoms with Gasteiger partial charge in [0.2, 0.25) is 17.7 Å². The van der Waals surface area contributed by atoms with Gasteiger partial charge in [0.25, 0.3) is 0 Å². The topological polar surface area (TPSA) is 587 Å². The molecule has 36 nitrogen and oxygen atoms in total. The van der Waals surface area contributed by atoms with E-state index in [1.54, 1.807) is 0 Å². The first-order valence-corrected chi connectivity index (χ1v) is 29.1. The SMILES string of the molecule is CC(C)(COP(=O)(O)OP(=O)(O)OC[C@H]1O[C@@H](n2cnc3c(N)ncnc32)[C@H](O)[C@@H]1OP(=O)(O)O)[C@@H](O)C(=O)NCCC(=O)NCCS(=O)(=O)CCC(=O)NC[C@H]1O[C@H](O[C@H]2[C@H](O)[C@@H](O)[C@H](N)C[C@@H]2N)[C@H](N)[C@@H](O)[C@@H]1O. The molecule has 2 saturated heterocycles. The minimum Gasteiger partial charge on any atom is -0.389 e. The van der Waals surface area contributed by atoms with Crippen molar-refractivity contribution in [2.45, 2.75) is 125 Å². The zero-order valence-electron chi connectivity index (χ0n) is 40.3. The van der Waals surface area contributed by atoms with Gasteiger partial charge in [0.15, 0.2) is 33.8 Å². The average Bonchev–Trinajstić information content (AvgIpc) is 3.89. The van der Waals surface area contributed by atoms with E-state index in [4.69, 9.17) is 46.2 Å². The molecule has 17 atom stereocenters. The van der Waals surface area contributed by atoms with Crippen LogP contribution in [0.25, 0.3) is 11.2 Å². The predicted octanol–water partition coefficient (Wildman–Crippen LogP) is -7.73. The Balaban J connectivity index is 0.990. The van der Waals surface area contributed by atoms with Crippen molar-refractivity contribution in [2.75, 3.05) is 50.1 Å². The number of aliphatic hydroxyl groups is 6. The van der Waals surface area contributed by atoms with Crippen LogP contribution in [0.2, 0.25) is 0 Å². The second-order valence-corrected chi connectivity index (χ2v) is 25.1. The molecule has 0 aromatic carbocycles. The Kier molecular flexibility index (Phi) is 21.5. The number of fused-ring (bicyclic) bond motifs is 1. The second kappa shape index (κ2) is 25.8. The van der Waals surface area contributed by atoms with Crippen molar-refractivity contribution in [1.82, 2.24) is 35.5 Å². The number of nitrogens with one attached hydrogen (secondary N) is 3. The summed E-state index contributed by atoms with van der Waals surface area (Å²) in [5.41, 5.74) is 21.8. The van der Waals surface area contributed by atoms with E-state index in [-0.39, 0.29) is 23.4 Å². The molecule has 0 bridgehead atoms. The number of anilines is 1. The number of ether oxygens (including phenoxy) is 3. The lowest BCUT2D eigenvalue weighted by Gasteiger charge is -2.45. The molecule has 2 aromatic rings. The van der Waals surface area contributed by atoms with Crippen LogP contribution < -0.4 is 38.9 Å². The van der Waals surface area contributed by atoms with Crippen molar-refractivity contribution in [3.05, 3.63) is 12.7 Å². The molecule has 1 aliphatic carbocycles. The molecule has 4 heterocycles. The summed E-state index contributed by atoms with van der Waals surface area (Å²) in [7, 11) is -20.6. The van der Waals surface area contributed by atoms with Gasteiger partial charge in [0.1, 0.15) is 66.8 Å². The van der Waals surface area contributed by atoms with Gasteiger partial charge in [-0.25, -0.2) is 37.1 Å². The van der Waals surface area contributed by atoms with Crippen LogP contribution in [-0.2, 0) is 70.0 Å². The summed E-state index contributed by atoms with van der Waals surface area (Å²) in [6, 6.07) is -3.05. The Morgan fingerprint density at radius 2 is 1.47 bits per heavy atom. The maximum absolute atomic E-state index is 12.8. The summed E-state index contributed by atoms with van der Waals surface area (Å²) in [4.78, 5) is 88.8. The quantitative estimate of drug-likeness (QED) is 0.0389. The van der Waals surface area contributed by atoms with Gasteiger partial charge in [0, 0.05) is 50.0 Å². The van der Waals surface area contributed by atoms with Gasteiger partial charge in [-0.3, -0.25) is 32.5 Å². The highest BCUT2D eigenvalue weighted by atomic mass is 32.2. The number of hydrogen-bond donors (Lipinski definition) is 17. The highest BCUT2D eigenvalue weighted by molar-refractivity contribution is 7.91. The number of aliphatic hydroxyl groups excluding tert-OH is 6. The fraction of sp³-hybridized carbons (Fsp3) is 0.778. The average molecular weight is 1180 g/mol. The van der Waals surface area contributed by atoms with E-state index in [0.29, 0.717) is 0 Å². The number of rotatable bonds is 26. The smallest absolute Gasteiger partial charge is 0.389 e. The number of phosphoric ester groups is 3. The number of amides is 3. The molecular formula is C36H64N11O25P3S. The van der Waals surface area contributed by atoms with E-state index in [1.165, 1.54) is 13.8 Å². The monoisotopic (exact) mass is 1180 g/mol. The largest absolute Gasteiger partial charge is 0.481 e. The first kappa shape index (κ1) is 63.4. The van der Waals surface area contributed by atoms with Crippen LogP contribution in [0.15, 0.2) is 12.7 Å². The first-order chi connectivity index (χ1) is 35.1. The highest BCUT2D eigenvalue weighted by Crippen LogP contribution is 2.61. The number of hydrogen-bond acceptors (Lipinski definition) is 28. The number of aromatic nitrogens is 4. The predicted molar refractivity (Wildman–Crippen MR) is 252 cm³/mol. The van der Waals surface area contributed by atoms with Gasteiger partial charge in [-0.15, -0.1) is 0 Å².